The van der Waals surface area contributed by atoms with Gasteiger partial charge in [-0.25, -0.2) is 19.3 Å². The molecule has 0 saturated carbocycles. The second-order valence-corrected chi connectivity index (χ2v) is 5.49. The van der Waals surface area contributed by atoms with Crippen LogP contribution in [-0.2, 0) is 6.42 Å². The number of aromatic nitrogens is 6. The van der Waals surface area contributed by atoms with Gasteiger partial charge in [-0.2, -0.15) is 4.98 Å². The summed E-state index contributed by atoms with van der Waals surface area (Å²) >= 11 is 0. The molecule has 25 heavy (non-hydrogen) atoms. The van der Waals surface area contributed by atoms with Crippen molar-refractivity contribution in [1.29, 1.82) is 0 Å². The molecule has 4 rings (SSSR count). The number of rotatable bonds is 3. The molecule has 0 fully saturated rings. The van der Waals surface area contributed by atoms with Crippen LogP contribution in [-0.4, -0.2) is 29.1 Å². The highest BCUT2D eigenvalue weighted by Crippen LogP contribution is 2.09. The normalized spacial score (nSPS) is 11.1. The van der Waals surface area contributed by atoms with Crippen LogP contribution in [0.2, 0.25) is 0 Å². The van der Waals surface area contributed by atoms with Crippen LogP contribution >= 0.6 is 0 Å². The molecule has 0 atom stereocenters. The lowest BCUT2D eigenvalue weighted by atomic mass is 10.1. The fourth-order valence-corrected chi connectivity index (χ4v) is 2.61. The molecule has 0 unspecified atom stereocenters. The van der Waals surface area contributed by atoms with Gasteiger partial charge >= 0.3 is 5.69 Å². The van der Waals surface area contributed by atoms with Gasteiger partial charge in [0.25, 0.3) is 5.56 Å². The van der Waals surface area contributed by atoms with Crippen LogP contribution in [0.5, 0.6) is 0 Å². The zero-order valence-corrected chi connectivity index (χ0v) is 13.4. The fourth-order valence-electron chi connectivity index (χ4n) is 2.61. The molecule has 8 heteroatoms. The number of nitrogens with zero attached hydrogens (tertiary/aromatic N) is 5. The van der Waals surface area contributed by atoms with Crippen LogP contribution in [0.4, 0.5) is 0 Å². The third-order valence-electron chi connectivity index (χ3n) is 3.98. The van der Waals surface area contributed by atoms with E-state index in [4.69, 9.17) is 0 Å². The Morgan fingerprint density at radius 2 is 1.96 bits per heavy atom. The van der Waals surface area contributed by atoms with E-state index in [0.29, 0.717) is 11.6 Å². The number of hydrogen-bond donors (Lipinski definition) is 1. The van der Waals surface area contributed by atoms with Gasteiger partial charge in [-0.3, -0.25) is 14.3 Å². The molecule has 0 radical (unpaired) electrons. The Kier molecular flexibility index (Phi) is 3.50. The first kappa shape index (κ1) is 15.0. The van der Waals surface area contributed by atoms with Gasteiger partial charge in [0.2, 0.25) is 5.95 Å². The lowest BCUT2D eigenvalue weighted by Crippen LogP contribution is -2.34. The third kappa shape index (κ3) is 2.53. The van der Waals surface area contributed by atoms with Crippen LogP contribution in [0.3, 0.4) is 0 Å². The Hall–Kier alpha value is -3.55. The van der Waals surface area contributed by atoms with Gasteiger partial charge in [-0.1, -0.05) is 19.1 Å². The summed E-state index contributed by atoms with van der Waals surface area (Å²) in [5.41, 5.74) is 0.818. The maximum absolute atomic E-state index is 12.7. The number of nitrogens with one attached hydrogen (secondary N) is 1. The molecule has 8 nitrogen and oxygen atoms in total. The van der Waals surface area contributed by atoms with E-state index in [0.717, 1.165) is 16.6 Å². The topological polar surface area (TPSA) is 98.5 Å². The van der Waals surface area contributed by atoms with Crippen molar-refractivity contribution in [3.8, 4) is 11.6 Å². The van der Waals surface area contributed by atoms with Crippen molar-refractivity contribution in [2.45, 2.75) is 13.3 Å². The monoisotopic (exact) mass is 334 g/mol. The zero-order chi connectivity index (χ0) is 17.4. The predicted octanol–water partition coefficient (Wildman–Crippen LogP) is 1.22. The van der Waals surface area contributed by atoms with Gasteiger partial charge in [0.1, 0.15) is 11.7 Å². The van der Waals surface area contributed by atoms with Crippen LogP contribution in [0.25, 0.3) is 22.7 Å². The number of H-pyrrole nitrogens is 1. The molecule has 0 saturated heterocycles. The van der Waals surface area contributed by atoms with E-state index in [-0.39, 0.29) is 11.0 Å². The van der Waals surface area contributed by atoms with Crippen LogP contribution in [0.1, 0.15) is 12.5 Å². The molecule has 4 aromatic rings. The molecule has 0 aliphatic carbocycles. The smallest absolute Gasteiger partial charge is 0.291 e. The second kappa shape index (κ2) is 5.82. The summed E-state index contributed by atoms with van der Waals surface area (Å²) in [5, 5.41) is 0.239. The highest BCUT2D eigenvalue weighted by Gasteiger charge is 2.12. The van der Waals surface area contributed by atoms with Crippen LogP contribution in [0.15, 0.2) is 58.8 Å². The third-order valence-corrected chi connectivity index (χ3v) is 3.98. The lowest BCUT2D eigenvalue weighted by Gasteiger charge is -2.07. The van der Waals surface area contributed by atoms with Gasteiger partial charge in [-0.05, 0) is 24.1 Å². The van der Waals surface area contributed by atoms with Gasteiger partial charge in [0, 0.05) is 18.6 Å². The van der Waals surface area contributed by atoms with Crippen molar-refractivity contribution >= 4 is 11.0 Å². The minimum absolute atomic E-state index is 0.190. The van der Waals surface area contributed by atoms with Gasteiger partial charge in [0.05, 0.1) is 5.69 Å². The van der Waals surface area contributed by atoms with Gasteiger partial charge in [0.15, 0.2) is 5.65 Å². The Labute approximate surface area is 141 Å². The average Bonchev–Trinajstić information content (AvgIpc) is 3.16. The molecule has 0 aliphatic heterocycles. The Morgan fingerprint density at radius 3 is 2.64 bits per heavy atom. The first-order valence-corrected chi connectivity index (χ1v) is 7.77. The van der Waals surface area contributed by atoms with Crippen molar-refractivity contribution in [3.05, 3.63) is 75.6 Å². The standard InChI is InChI=1S/C17H14N6O2/c1-2-11-3-5-12(6-4-11)23-15(24)13-9-19-16(22-8-7-18-10-22)20-14(13)21-17(23)25/h3-10H,2H2,1H3,(H,19,20,21,25). The molecule has 124 valence electrons. The Morgan fingerprint density at radius 1 is 1.16 bits per heavy atom. The predicted molar refractivity (Wildman–Crippen MR) is 92.3 cm³/mol. The highest BCUT2D eigenvalue weighted by molar-refractivity contribution is 5.73. The van der Waals surface area contributed by atoms with Crippen LogP contribution < -0.4 is 11.2 Å². The summed E-state index contributed by atoms with van der Waals surface area (Å²) in [6, 6.07) is 7.29. The molecule has 3 heterocycles. The van der Waals surface area contributed by atoms with Crippen molar-refractivity contribution in [3.63, 3.8) is 0 Å². The van der Waals surface area contributed by atoms with Crippen molar-refractivity contribution in [2.24, 2.45) is 0 Å². The zero-order valence-electron chi connectivity index (χ0n) is 13.4. The summed E-state index contributed by atoms with van der Waals surface area (Å²) in [5.74, 6) is 0.324. The summed E-state index contributed by atoms with van der Waals surface area (Å²) in [4.78, 5) is 40.2. The minimum Gasteiger partial charge on any atom is -0.291 e. The van der Waals surface area contributed by atoms with E-state index < -0.39 is 11.2 Å². The fraction of sp³-hybridized carbons (Fsp3) is 0.118. The molecule has 1 N–H and O–H groups in total. The van der Waals surface area contributed by atoms with E-state index in [1.807, 2.05) is 19.1 Å². The molecule has 3 aromatic heterocycles. The van der Waals surface area contributed by atoms with Gasteiger partial charge < -0.3 is 0 Å². The Bertz CT molecular complexity index is 1160. The SMILES string of the molecule is CCc1ccc(-n2c(=O)[nH]c3nc(-n4ccnc4)ncc3c2=O)cc1. The van der Waals surface area contributed by atoms with Gasteiger partial charge in [-0.15, -0.1) is 0 Å². The number of fused-ring (bicyclic) bond motifs is 1. The number of hydrogen-bond acceptors (Lipinski definition) is 5. The summed E-state index contributed by atoms with van der Waals surface area (Å²) in [6.07, 6.45) is 7.10. The average molecular weight is 334 g/mol. The van der Waals surface area contributed by atoms with E-state index in [1.165, 1.54) is 12.5 Å². The summed E-state index contributed by atoms with van der Waals surface area (Å²) < 4.78 is 2.68. The van der Waals surface area contributed by atoms with E-state index in [1.54, 1.807) is 29.1 Å². The summed E-state index contributed by atoms with van der Waals surface area (Å²) in [6.45, 7) is 2.04. The van der Waals surface area contributed by atoms with E-state index in [2.05, 4.69) is 19.9 Å². The van der Waals surface area contributed by atoms with Crippen molar-refractivity contribution < 1.29 is 0 Å². The molecular formula is C17H14N6O2. The number of benzene rings is 1. The highest BCUT2D eigenvalue weighted by atomic mass is 16.2. The van der Waals surface area contributed by atoms with Crippen molar-refractivity contribution in [2.75, 3.05) is 0 Å². The van der Waals surface area contributed by atoms with Crippen molar-refractivity contribution in [1.82, 2.24) is 29.1 Å². The maximum Gasteiger partial charge on any atom is 0.334 e. The minimum atomic E-state index is -0.544. The largest absolute Gasteiger partial charge is 0.334 e. The summed E-state index contributed by atoms with van der Waals surface area (Å²) in [7, 11) is 0. The number of aromatic amines is 1. The first-order valence-electron chi connectivity index (χ1n) is 7.77. The maximum atomic E-state index is 12.7. The number of aryl methyl sites for hydroxylation is 1. The molecule has 0 spiro atoms. The molecule has 0 bridgehead atoms. The molecule has 0 aliphatic rings. The quantitative estimate of drug-likeness (QED) is 0.607. The van der Waals surface area contributed by atoms with E-state index >= 15 is 0 Å². The molecule has 1 aromatic carbocycles. The second-order valence-electron chi connectivity index (χ2n) is 5.49. The Balaban J connectivity index is 1.91. The molecule has 0 amide bonds. The number of imidazole rings is 1. The van der Waals surface area contributed by atoms with E-state index in [9.17, 15) is 9.59 Å². The van der Waals surface area contributed by atoms with Crippen LogP contribution in [0, 0.1) is 0 Å². The lowest BCUT2D eigenvalue weighted by molar-refractivity contribution is 0.876. The first-order chi connectivity index (χ1) is 12.2. The molecular weight excluding hydrogens is 320 g/mol.